The summed E-state index contributed by atoms with van der Waals surface area (Å²) in [6.45, 7) is -0.302. The van der Waals surface area contributed by atoms with Crippen LogP contribution in [0, 0.1) is 0 Å². The highest BCUT2D eigenvalue weighted by Crippen LogP contribution is 2.17. The second-order valence-electron chi connectivity index (χ2n) is 2.63. The van der Waals surface area contributed by atoms with E-state index in [4.69, 9.17) is 35.4 Å². The van der Waals surface area contributed by atoms with Crippen LogP contribution < -0.4 is 0 Å². The van der Waals surface area contributed by atoms with Crippen LogP contribution in [0.1, 0.15) is 0 Å². The molecule has 16 heavy (non-hydrogen) atoms. The predicted octanol–water partition coefficient (Wildman–Crippen LogP) is -0.562. The minimum atomic E-state index is -3.14. The first kappa shape index (κ1) is 14.2. The Hall–Kier alpha value is 0.114. The van der Waals surface area contributed by atoms with E-state index in [1.165, 1.54) is 28.4 Å². The summed E-state index contributed by atoms with van der Waals surface area (Å²) in [4.78, 5) is 0. The van der Waals surface area contributed by atoms with Crippen molar-refractivity contribution in [3.8, 4) is 0 Å². The molecule has 0 aliphatic carbocycles. The van der Waals surface area contributed by atoms with E-state index in [1.807, 2.05) is 0 Å². The highest BCUT2D eigenvalue weighted by Gasteiger charge is 2.51. The van der Waals surface area contributed by atoms with E-state index in [1.54, 1.807) is 0 Å². The Morgan fingerprint density at radius 1 is 0.625 bits per heavy atom. The van der Waals surface area contributed by atoms with Gasteiger partial charge in [0.05, 0.1) is 0 Å². The quantitative estimate of drug-likeness (QED) is 0.630. The average Bonchev–Trinajstić information content (AvgIpc) is 2.31. The maximum absolute atomic E-state index is 5.27. The number of rotatable bonds is 4. The fourth-order valence-corrected chi connectivity index (χ4v) is 3.56. The van der Waals surface area contributed by atoms with Gasteiger partial charge in [-0.25, -0.2) is 0 Å². The van der Waals surface area contributed by atoms with Gasteiger partial charge in [0.25, 0.3) is 0 Å². The third-order valence-electron chi connectivity index (χ3n) is 1.94. The van der Waals surface area contributed by atoms with Gasteiger partial charge < -0.3 is 35.4 Å². The van der Waals surface area contributed by atoms with Crippen molar-refractivity contribution in [2.45, 2.75) is 0 Å². The molecule has 0 amide bonds. The van der Waals surface area contributed by atoms with Crippen LogP contribution in [0.25, 0.3) is 0 Å². The summed E-state index contributed by atoms with van der Waals surface area (Å²) in [6.07, 6.45) is 0. The van der Waals surface area contributed by atoms with Gasteiger partial charge in [-0.15, -0.1) is 0 Å². The van der Waals surface area contributed by atoms with Gasteiger partial charge in [-0.1, -0.05) is 0 Å². The Labute approximate surface area is 96.2 Å². The third kappa shape index (κ3) is 3.07. The van der Waals surface area contributed by atoms with Crippen LogP contribution in [0.4, 0.5) is 0 Å². The summed E-state index contributed by atoms with van der Waals surface area (Å²) >= 11 is 0. The Morgan fingerprint density at radius 3 is 1.06 bits per heavy atom. The van der Waals surface area contributed by atoms with Crippen LogP contribution in [0.3, 0.4) is 0 Å². The lowest BCUT2D eigenvalue weighted by Crippen LogP contribution is -2.56. The zero-order chi connectivity index (χ0) is 12.1. The molecular formula is C6H16O8Si2. The largest absolute Gasteiger partial charge is 0.682 e. The fourth-order valence-electron chi connectivity index (χ4n) is 1.07. The Morgan fingerprint density at radius 2 is 0.875 bits per heavy atom. The molecule has 8 nitrogen and oxygen atoms in total. The molecular weight excluding hydrogens is 256 g/mol. The third-order valence-corrected chi connectivity index (χ3v) is 5.83. The molecule has 0 bridgehead atoms. The lowest BCUT2D eigenvalue weighted by molar-refractivity contribution is -0.148. The van der Waals surface area contributed by atoms with Gasteiger partial charge in [0.2, 0.25) is 0 Å². The maximum atomic E-state index is 5.27. The molecule has 1 fully saturated rings. The van der Waals surface area contributed by atoms with Crippen molar-refractivity contribution in [1.82, 2.24) is 0 Å². The van der Waals surface area contributed by atoms with Gasteiger partial charge in [0, 0.05) is 28.4 Å². The summed E-state index contributed by atoms with van der Waals surface area (Å²) in [5.74, 6) is 0. The van der Waals surface area contributed by atoms with Crippen molar-refractivity contribution in [1.29, 1.82) is 0 Å². The molecule has 1 saturated heterocycles. The van der Waals surface area contributed by atoms with E-state index in [-0.39, 0.29) is 13.6 Å². The molecule has 0 N–H and O–H groups in total. The van der Waals surface area contributed by atoms with Crippen LogP contribution in [0.5, 0.6) is 0 Å². The Balaban J connectivity index is 2.61. The molecule has 1 aliphatic rings. The zero-order valence-electron chi connectivity index (χ0n) is 9.68. The topological polar surface area (TPSA) is 73.8 Å². The first-order valence-corrected chi connectivity index (χ1v) is 7.69. The van der Waals surface area contributed by atoms with Crippen molar-refractivity contribution in [3.63, 3.8) is 0 Å². The highest BCUT2D eigenvalue weighted by molar-refractivity contribution is 6.55. The van der Waals surface area contributed by atoms with Crippen molar-refractivity contribution in [2.75, 3.05) is 42.0 Å². The monoisotopic (exact) mass is 272 g/mol. The van der Waals surface area contributed by atoms with Crippen LogP contribution in [0.15, 0.2) is 0 Å². The molecule has 0 atom stereocenters. The summed E-state index contributed by atoms with van der Waals surface area (Å²) in [5.41, 5.74) is 0. The first-order chi connectivity index (χ1) is 7.66. The SMILES string of the molecule is CO[Si]1(OC)OCO[Si](OC)(OC)OCO1. The van der Waals surface area contributed by atoms with E-state index in [0.29, 0.717) is 0 Å². The maximum Gasteiger partial charge on any atom is 0.682 e. The smallest absolute Gasteiger partial charge is 0.354 e. The minimum absolute atomic E-state index is 0.151. The van der Waals surface area contributed by atoms with Gasteiger partial charge in [-0.2, -0.15) is 0 Å². The molecule has 0 unspecified atom stereocenters. The summed E-state index contributed by atoms with van der Waals surface area (Å²) in [5, 5.41) is 0. The molecule has 0 radical (unpaired) electrons. The summed E-state index contributed by atoms with van der Waals surface area (Å²) in [6, 6.07) is 0. The highest BCUT2D eigenvalue weighted by atomic mass is 28.4. The van der Waals surface area contributed by atoms with Crippen LogP contribution in [-0.4, -0.2) is 60.1 Å². The lowest BCUT2D eigenvalue weighted by Gasteiger charge is -2.32. The second kappa shape index (κ2) is 6.16. The molecule has 10 heteroatoms. The number of hydrogen-bond acceptors (Lipinski definition) is 8. The molecule has 96 valence electrons. The van der Waals surface area contributed by atoms with E-state index in [0.717, 1.165) is 0 Å². The van der Waals surface area contributed by atoms with E-state index in [2.05, 4.69) is 0 Å². The standard InChI is InChI=1S/C6H16O8Si2/c1-7-15(8-2)11-5-13-16(9-3,10-4)14-6-12-15/h5-6H2,1-4H3. The summed E-state index contributed by atoms with van der Waals surface area (Å²) in [7, 11) is -0.579. The molecule has 0 spiro atoms. The second-order valence-corrected chi connectivity index (χ2v) is 7.42. The van der Waals surface area contributed by atoms with Crippen LogP contribution >= 0.6 is 0 Å². The van der Waals surface area contributed by atoms with Gasteiger partial charge in [0.1, 0.15) is 13.6 Å². The Kier molecular flexibility index (Phi) is 5.45. The fraction of sp³-hybridized carbons (Fsp3) is 1.00. The van der Waals surface area contributed by atoms with Gasteiger partial charge in [-0.05, 0) is 0 Å². The molecule has 1 rings (SSSR count). The van der Waals surface area contributed by atoms with E-state index in [9.17, 15) is 0 Å². The molecule has 0 aromatic rings. The predicted molar refractivity (Wildman–Crippen MR) is 53.6 cm³/mol. The van der Waals surface area contributed by atoms with Crippen LogP contribution in [-0.2, 0) is 35.4 Å². The number of hydrogen-bond donors (Lipinski definition) is 0. The summed E-state index contributed by atoms with van der Waals surface area (Å²) < 4.78 is 41.3. The molecule has 1 aliphatic heterocycles. The van der Waals surface area contributed by atoms with Gasteiger partial charge >= 0.3 is 18.1 Å². The van der Waals surface area contributed by atoms with Crippen molar-refractivity contribution in [3.05, 3.63) is 0 Å². The van der Waals surface area contributed by atoms with Crippen molar-refractivity contribution in [2.24, 2.45) is 0 Å². The normalized spacial score (nSPS) is 24.8. The zero-order valence-corrected chi connectivity index (χ0v) is 11.7. The first-order valence-electron chi connectivity index (χ1n) is 4.42. The molecule has 0 saturated carbocycles. The van der Waals surface area contributed by atoms with E-state index < -0.39 is 18.1 Å². The average molecular weight is 272 g/mol. The minimum Gasteiger partial charge on any atom is -0.354 e. The van der Waals surface area contributed by atoms with Crippen molar-refractivity contribution < 1.29 is 35.4 Å². The lowest BCUT2D eigenvalue weighted by atomic mass is 11.5. The van der Waals surface area contributed by atoms with Gasteiger partial charge in [-0.3, -0.25) is 0 Å². The van der Waals surface area contributed by atoms with E-state index >= 15 is 0 Å². The van der Waals surface area contributed by atoms with Crippen molar-refractivity contribution >= 4 is 18.1 Å². The van der Waals surface area contributed by atoms with Crippen LogP contribution in [0.2, 0.25) is 0 Å². The Bertz CT molecular complexity index is 173. The molecule has 1 heterocycles. The molecule has 0 aromatic heterocycles. The van der Waals surface area contributed by atoms with Gasteiger partial charge in [0.15, 0.2) is 0 Å². The molecule has 0 aromatic carbocycles.